The number of rotatable bonds is 7. The molecule has 1 amide bonds. The molecule has 1 aliphatic rings. The number of ether oxygens (including phenoxy) is 1. The molecule has 33 heavy (non-hydrogen) atoms. The predicted octanol–water partition coefficient (Wildman–Crippen LogP) is 3.05. The van der Waals surface area contributed by atoms with Crippen LogP contribution in [0.5, 0.6) is 0 Å². The van der Waals surface area contributed by atoms with Crippen LogP contribution in [0.25, 0.3) is 0 Å². The maximum Gasteiger partial charge on any atom is 0.361 e. The van der Waals surface area contributed by atoms with Gasteiger partial charge in [-0.3, -0.25) is 4.79 Å². The number of carbonyl (C=O) groups is 2. The third-order valence-electron chi connectivity index (χ3n) is 5.11. The summed E-state index contributed by atoms with van der Waals surface area (Å²) in [5.41, 5.74) is 1.63. The fraction of sp³-hybridized carbons (Fsp3) is 0.174. The maximum absolute atomic E-state index is 12.9. The molecule has 3 aromatic heterocycles. The van der Waals surface area contributed by atoms with E-state index in [2.05, 4.69) is 15.4 Å². The van der Waals surface area contributed by atoms with Crippen molar-refractivity contribution in [1.82, 2.24) is 20.0 Å². The van der Waals surface area contributed by atoms with Crippen LogP contribution in [-0.2, 0) is 16.1 Å². The van der Waals surface area contributed by atoms with Gasteiger partial charge < -0.3 is 13.6 Å². The molecular formula is C23H19N5O5. The monoisotopic (exact) mass is 445 g/mol. The summed E-state index contributed by atoms with van der Waals surface area (Å²) in [6, 6.07) is 16.2. The number of hydrogen-bond donors (Lipinski definition) is 0. The normalized spacial score (nSPS) is 15.5. The van der Waals surface area contributed by atoms with Crippen molar-refractivity contribution in [3.8, 4) is 0 Å². The quantitative estimate of drug-likeness (QED) is 0.402. The molecule has 1 atom stereocenters. The Morgan fingerprint density at radius 1 is 1.03 bits per heavy atom. The molecule has 0 spiro atoms. The number of esters is 1. The second-order valence-electron chi connectivity index (χ2n) is 7.36. The lowest BCUT2D eigenvalue weighted by molar-refractivity contribution is -0.136. The van der Waals surface area contributed by atoms with Crippen molar-refractivity contribution in [2.24, 2.45) is 5.10 Å². The number of benzene rings is 1. The SMILES string of the molecule is O=C(OCC(=O)N1N=C(c2ccco2)CC1c1ccco1)c1cn(Cc2ccccc2)nn1. The lowest BCUT2D eigenvalue weighted by Gasteiger charge is -2.19. The molecule has 0 saturated heterocycles. The molecule has 0 aliphatic carbocycles. The number of hydrogen-bond acceptors (Lipinski definition) is 8. The van der Waals surface area contributed by atoms with Crippen LogP contribution < -0.4 is 0 Å². The average molecular weight is 445 g/mol. The highest BCUT2D eigenvalue weighted by Gasteiger charge is 2.36. The zero-order chi connectivity index (χ0) is 22.6. The summed E-state index contributed by atoms with van der Waals surface area (Å²) in [6.45, 7) is -0.0422. The van der Waals surface area contributed by atoms with Crippen molar-refractivity contribution < 1.29 is 23.2 Å². The second-order valence-corrected chi connectivity index (χ2v) is 7.36. The van der Waals surface area contributed by atoms with Gasteiger partial charge in [-0.1, -0.05) is 35.5 Å². The Morgan fingerprint density at radius 2 is 1.85 bits per heavy atom. The minimum absolute atomic E-state index is 0.0162. The van der Waals surface area contributed by atoms with Gasteiger partial charge in [0.2, 0.25) is 0 Å². The van der Waals surface area contributed by atoms with E-state index in [0.717, 1.165) is 5.56 Å². The number of hydrazone groups is 1. The topological polar surface area (TPSA) is 116 Å². The van der Waals surface area contributed by atoms with Gasteiger partial charge in [0.1, 0.15) is 23.3 Å². The Balaban J connectivity index is 1.24. The van der Waals surface area contributed by atoms with E-state index in [0.29, 0.717) is 30.2 Å². The molecule has 5 rings (SSSR count). The minimum Gasteiger partial charge on any atom is -0.467 e. The van der Waals surface area contributed by atoms with Crippen LogP contribution in [0, 0.1) is 0 Å². The Morgan fingerprint density at radius 3 is 2.61 bits per heavy atom. The van der Waals surface area contributed by atoms with Crippen LogP contribution in [0.15, 0.2) is 87.3 Å². The standard InChI is InChI=1S/C23H19N5O5/c29-22(15-33-23(30)18-14-27(26-24-18)13-16-6-2-1-3-7-16)28-19(21-9-5-11-32-21)12-17(25-28)20-8-4-10-31-20/h1-11,14,19H,12-13,15H2. The second kappa shape index (κ2) is 8.95. The van der Waals surface area contributed by atoms with Gasteiger partial charge in [-0.2, -0.15) is 5.10 Å². The van der Waals surface area contributed by atoms with E-state index in [4.69, 9.17) is 13.6 Å². The van der Waals surface area contributed by atoms with Gasteiger partial charge in [0.15, 0.2) is 12.3 Å². The van der Waals surface area contributed by atoms with Gasteiger partial charge in [0.05, 0.1) is 25.3 Å². The molecule has 0 saturated carbocycles. The van der Waals surface area contributed by atoms with Crippen LogP contribution in [0.2, 0.25) is 0 Å². The van der Waals surface area contributed by atoms with Crippen LogP contribution in [0.1, 0.15) is 40.0 Å². The fourth-order valence-corrected chi connectivity index (χ4v) is 3.54. The highest BCUT2D eigenvalue weighted by molar-refractivity contribution is 6.01. The first-order valence-electron chi connectivity index (χ1n) is 10.3. The number of aromatic nitrogens is 3. The van der Waals surface area contributed by atoms with Crippen molar-refractivity contribution in [3.05, 3.63) is 96.1 Å². The van der Waals surface area contributed by atoms with Gasteiger partial charge in [0.25, 0.3) is 5.91 Å². The average Bonchev–Trinajstić information content (AvgIpc) is 3.63. The summed E-state index contributed by atoms with van der Waals surface area (Å²) in [4.78, 5) is 25.3. The van der Waals surface area contributed by atoms with Crippen LogP contribution in [-0.4, -0.2) is 44.2 Å². The largest absolute Gasteiger partial charge is 0.467 e. The summed E-state index contributed by atoms with van der Waals surface area (Å²) in [5, 5.41) is 13.4. The zero-order valence-electron chi connectivity index (χ0n) is 17.4. The Bertz CT molecular complexity index is 1260. The molecule has 4 heterocycles. The minimum atomic E-state index is -0.744. The summed E-state index contributed by atoms with van der Waals surface area (Å²) in [7, 11) is 0. The highest BCUT2D eigenvalue weighted by atomic mass is 16.5. The van der Waals surface area contributed by atoms with Gasteiger partial charge >= 0.3 is 5.97 Å². The van der Waals surface area contributed by atoms with Crippen molar-refractivity contribution in [1.29, 1.82) is 0 Å². The third kappa shape index (κ3) is 4.45. The molecule has 1 unspecified atom stereocenters. The summed E-state index contributed by atoms with van der Waals surface area (Å²) in [6.07, 6.45) is 4.96. The van der Waals surface area contributed by atoms with E-state index in [1.54, 1.807) is 24.3 Å². The van der Waals surface area contributed by atoms with Crippen LogP contribution in [0.3, 0.4) is 0 Å². The molecule has 1 aromatic carbocycles. The van der Waals surface area contributed by atoms with Crippen LogP contribution in [0.4, 0.5) is 0 Å². The van der Waals surface area contributed by atoms with Crippen molar-refractivity contribution in [2.45, 2.75) is 19.0 Å². The van der Waals surface area contributed by atoms with Gasteiger partial charge in [-0.05, 0) is 29.8 Å². The van der Waals surface area contributed by atoms with E-state index in [-0.39, 0.29) is 5.69 Å². The summed E-state index contributed by atoms with van der Waals surface area (Å²) < 4.78 is 17.6. The molecule has 4 aromatic rings. The summed E-state index contributed by atoms with van der Waals surface area (Å²) in [5.74, 6) is -0.104. The molecule has 10 nitrogen and oxygen atoms in total. The molecule has 10 heteroatoms. The first-order valence-corrected chi connectivity index (χ1v) is 10.3. The number of furan rings is 2. The first kappa shape index (κ1) is 20.4. The lowest BCUT2D eigenvalue weighted by Crippen LogP contribution is -2.31. The van der Waals surface area contributed by atoms with E-state index >= 15 is 0 Å². The Kier molecular flexibility index (Phi) is 5.54. The first-order chi connectivity index (χ1) is 16.2. The van der Waals surface area contributed by atoms with E-state index in [9.17, 15) is 9.59 Å². The van der Waals surface area contributed by atoms with Crippen molar-refractivity contribution in [2.75, 3.05) is 6.61 Å². The predicted molar refractivity (Wildman–Crippen MR) is 114 cm³/mol. The van der Waals surface area contributed by atoms with Gasteiger partial charge in [-0.15, -0.1) is 5.10 Å². The zero-order valence-corrected chi connectivity index (χ0v) is 17.4. The summed E-state index contributed by atoms with van der Waals surface area (Å²) >= 11 is 0. The number of nitrogens with zero attached hydrogens (tertiary/aromatic N) is 5. The molecule has 1 aliphatic heterocycles. The smallest absolute Gasteiger partial charge is 0.361 e. The molecule has 0 bridgehead atoms. The third-order valence-corrected chi connectivity index (χ3v) is 5.11. The van der Waals surface area contributed by atoms with E-state index in [1.807, 2.05) is 30.3 Å². The van der Waals surface area contributed by atoms with Crippen molar-refractivity contribution in [3.63, 3.8) is 0 Å². The fourth-order valence-electron chi connectivity index (χ4n) is 3.54. The number of carbonyl (C=O) groups excluding carboxylic acids is 2. The van der Waals surface area contributed by atoms with E-state index in [1.165, 1.54) is 28.4 Å². The molecule has 0 N–H and O–H groups in total. The molecule has 166 valence electrons. The molecular weight excluding hydrogens is 426 g/mol. The van der Waals surface area contributed by atoms with Gasteiger partial charge in [0, 0.05) is 6.42 Å². The number of amides is 1. The lowest BCUT2D eigenvalue weighted by atomic mass is 10.1. The molecule has 0 radical (unpaired) electrons. The Labute approximate surface area is 188 Å². The maximum atomic E-state index is 12.9. The molecule has 0 fully saturated rings. The van der Waals surface area contributed by atoms with Gasteiger partial charge in [-0.25, -0.2) is 14.5 Å². The Hall–Kier alpha value is -4.47. The van der Waals surface area contributed by atoms with E-state index < -0.39 is 24.5 Å². The highest BCUT2D eigenvalue weighted by Crippen LogP contribution is 2.33. The van der Waals surface area contributed by atoms with Crippen molar-refractivity contribution >= 4 is 17.6 Å². The van der Waals surface area contributed by atoms with Crippen LogP contribution >= 0.6 is 0 Å².